The Balaban J connectivity index is 2.47. The highest BCUT2D eigenvalue weighted by Crippen LogP contribution is 2.33. The topological polar surface area (TPSA) is 43.1 Å². The lowest BCUT2D eigenvalue weighted by molar-refractivity contribution is -0.385. The van der Waals surface area contributed by atoms with Gasteiger partial charge in [0.25, 0.3) is 5.69 Å². The molecule has 0 heterocycles. The first-order valence-electron chi connectivity index (χ1n) is 4.78. The van der Waals surface area contributed by atoms with Gasteiger partial charge in [-0.1, -0.05) is 41.0 Å². The average molecular weight is 243 g/mol. The highest BCUT2D eigenvalue weighted by Gasteiger charge is 2.05. The fraction of sp³-hybridized carbons (Fsp3) is 0.400. The molecule has 0 spiro atoms. The van der Waals surface area contributed by atoms with Crippen LogP contribution in [0.5, 0.6) is 0 Å². The minimum absolute atomic E-state index is 0.163. The molecule has 15 heavy (non-hydrogen) atoms. The summed E-state index contributed by atoms with van der Waals surface area (Å²) in [6.07, 6.45) is 2.37. The summed E-state index contributed by atoms with van der Waals surface area (Å²) in [6, 6.07) is 6.75. The molecular weight excluding hydrogens is 230 g/mol. The third-order valence-corrected chi connectivity index (χ3v) is 4.22. The lowest BCUT2D eigenvalue weighted by Gasteiger charge is -1.99. The summed E-state index contributed by atoms with van der Waals surface area (Å²) in [6.45, 7) is 2.15. The molecule has 3 nitrogen and oxygen atoms in total. The summed E-state index contributed by atoms with van der Waals surface area (Å²) < 4.78 is 0. The van der Waals surface area contributed by atoms with Crippen LogP contribution in [0.2, 0.25) is 0 Å². The van der Waals surface area contributed by atoms with E-state index in [0.29, 0.717) is 0 Å². The molecule has 1 aromatic rings. The van der Waals surface area contributed by atoms with E-state index in [4.69, 9.17) is 0 Å². The molecule has 0 N–H and O–H groups in total. The highest BCUT2D eigenvalue weighted by atomic mass is 33.1. The van der Waals surface area contributed by atoms with Crippen molar-refractivity contribution in [2.45, 2.75) is 24.7 Å². The summed E-state index contributed by atoms with van der Waals surface area (Å²) in [4.78, 5) is 11.1. The Hall–Kier alpha value is -0.680. The largest absolute Gasteiger partial charge is 0.270 e. The molecule has 1 rings (SSSR count). The summed E-state index contributed by atoms with van der Waals surface area (Å²) in [5, 5.41) is 10.5. The van der Waals surface area contributed by atoms with Crippen molar-refractivity contribution in [3.05, 3.63) is 34.4 Å². The van der Waals surface area contributed by atoms with Crippen molar-refractivity contribution in [2.75, 3.05) is 5.75 Å². The van der Waals surface area contributed by atoms with E-state index in [1.807, 2.05) is 6.07 Å². The molecular formula is C10H13NO2S2. The average Bonchev–Trinajstić information content (AvgIpc) is 2.25. The number of nitro benzene ring substituents is 1. The maximum Gasteiger partial charge on any atom is 0.270 e. The van der Waals surface area contributed by atoms with Gasteiger partial charge in [-0.3, -0.25) is 10.1 Å². The van der Waals surface area contributed by atoms with E-state index in [1.165, 1.54) is 18.9 Å². The molecule has 0 aliphatic carbocycles. The molecule has 0 aromatic heterocycles. The normalized spacial score (nSPS) is 10.2. The second-order valence-corrected chi connectivity index (χ2v) is 5.50. The fourth-order valence-corrected chi connectivity index (χ4v) is 3.21. The van der Waals surface area contributed by atoms with Crippen molar-refractivity contribution in [3.63, 3.8) is 0 Å². The van der Waals surface area contributed by atoms with Crippen LogP contribution in [0, 0.1) is 10.1 Å². The first-order chi connectivity index (χ1) is 7.24. The smallest absolute Gasteiger partial charge is 0.258 e. The quantitative estimate of drug-likeness (QED) is 0.326. The molecule has 0 saturated carbocycles. The molecule has 1 aromatic carbocycles. The molecule has 82 valence electrons. The van der Waals surface area contributed by atoms with Crippen molar-refractivity contribution >= 4 is 27.3 Å². The van der Waals surface area contributed by atoms with Gasteiger partial charge in [0.1, 0.15) is 0 Å². The van der Waals surface area contributed by atoms with Gasteiger partial charge in [-0.2, -0.15) is 0 Å². The van der Waals surface area contributed by atoms with Crippen LogP contribution in [-0.2, 0) is 0 Å². The van der Waals surface area contributed by atoms with Crippen LogP contribution in [0.15, 0.2) is 29.2 Å². The first-order valence-corrected chi connectivity index (χ1v) is 7.10. The third kappa shape index (κ3) is 4.57. The van der Waals surface area contributed by atoms with E-state index in [-0.39, 0.29) is 10.6 Å². The summed E-state index contributed by atoms with van der Waals surface area (Å²) in [5.74, 6) is 1.09. The molecule has 0 aliphatic rings. The molecule has 0 aliphatic heterocycles. The number of nitrogens with zero attached hydrogens (tertiary/aromatic N) is 1. The van der Waals surface area contributed by atoms with Gasteiger partial charge in [0.15, 0.2) is 0 Å². The molecule has 0 amide bonds. The van der Waals surface area contributed by atoms with E-state index >= 15 is 0 Å². The maximum absolute atomic E-state index is 10.5. The third-order valence-electron chi connectivity index (χ3n) is 1.76. The van der Waals surface area contributed by atoms with Crippen LogP contribution in [-0.4, -0.2) is 10.7 Å². The van der Waals surface area contributed by atoms with Gasteiger partial charge < -0.3 is 0 Å². The zero-order chi connectivity index (χ0) is 11.1. The molecule has 0 bridgehead atoms. The summed E-state index contributed by atoms with van der Waals surface area (Å²) >= 11 is 0. The van der Waals surface area contributed by atoms with Gasteiger partial charge in [0.2, 0.25) is 0 Å². The van der Waals surface area contributed by atoms with Gasteiger partial charge in [0.05, 0.1) is 4.92 Å². The summed E-state index contributed by atoms with van der Waals surface area (Å²) in [5.41, 5.74) is 0.163. The zero-order valence-corrected chi connectivity index (χ0v) is 10.1. The number of nitro groups is 1. The number of non-ortho nitro benzene ring substituents is 1. The van der Waals surface area contributed by atoms with Crippen molar-refractivity contribution in [3.8, 4) is 0 Å². The van der Waals surface area contributed by atoms with Gasteiger partial charge in [-0.15, -0.1) is 0 Å². The standard InChI is InChI=1S/C10H13NO2S2/c1-2-3-7-14-15-10-6-4-5-9(8-10)11(12)13/h4-6,8H,2-3,7H2,1H3. The van der Waals surface area contributed by atoms with Crippen LogP contribution < -0.4 is 0 Å². The molecule has 0 fully saturated rings. The molecule has 0 atom stereocenters. The number of unbranched alkanes of at least 4 members (excludes halogenated alkanes) is 1. The van der Waals surface area contributed by atoms with Crippen LogP contribution in [0.4, 0.5) is 5.69 Å². The molecule has 0 saturated heterocycles. The maximum atomic E-state index is 10.5. The monoisotopic (exact) mass is 243 g/mol. The van der Waals surface area contributed by atoms with Crippen LogP contribution in [0.1, 0.15) is 19.8 Å². The van der Waals surface area contributed by atoms with E-state index in [1.54, 1.807) is 33.7 Å². The zero-order valence-electron chi connectivity index (χ0n) is 8.51. The first kappa shape index (κ1) is 12.4. The fourth-order valence-electron chi connectivity index (χ4n) is 0.962. The van der Waals surface area contributed by atoms with E-state index in [0.717, 1.165) is 10.6 Å². The Bertz CT molecular complexity index is 331. The predicted octanol–water partition coefficient (Wildman–Crippen LogP) is 4.14. The lowest BCUT2D eigenvalue weighted by atomic mass is 10.3. The highest BCUT2D eigenvalue weighted by molar-refractivity contribution is 8.76. The number of rotatable bonds is 6. The van der Waals surface area contributed by atoms with Crippen molar-refractivity contribution < 1.29 is 4.92 Å². The predicted molar refractivity (Wildman–Crippen MR) is 66.3 cm³/mol. The Labute approximate surface area is 97.2 Å². The second kappa shape index (κ2) is 6.74. The van der Waals surface area contributed by atoms with Crippen LogP contribution in [0.3, 0.4) is 0 Å². The van der Waals surface area contributed by atoms with Gasteiger partial charge in [-0.25, -0.2) is 0 Å². The van der Waals surface area contributed by atoms with E-state index in [9.17, 15) is 10.1 Å². The minimum Gasteiger partial charge on any atom is -0.258 e. The van der Waals surface area contributed by atoms with Gasteiger partial charge in [0, 0.05) is 22.8 Å². The number of benzene rings is 1. The Morgan fingerprint density at radius 1 is 1.47 bits per heavy atom. The van der Waals surface area contributed by atoms with E-state index < -0.39 is 0 Å². The summed E-state index contributed by atoms with van der Waals surface area (Å²) in [7, 11) is 3.35. The van der Waals surface area contributed by atoms with Gasteiger partial charge in [-0.05, 0) is 12.5 Å². The lowest BCUT2D eigenvalue weighted by Crippen LogP contribution is -1.86. The minimum atomic E-state index is -0.360. The van der Waals surface area contributed by atoms with Gasteiger partial charge >= 0.3 is 0 Å². The Morgan fingerprint density at radius 3 is 2.93 bits per heavy atom. The van der Waals surface area contributed by atoms with Crippen LogP contribution in [0.25, 0.3) is 0 Å². The molecule has 5 heteroatoms. The second-order valence-electron chi connectivity index (χ2n) is 3.01. The Morgan fingerprint density at radius 2 is 2.27 bits per heavy atom. The van der Waals surface area contributed by atoms with Crippen molar-refractivity contribution in [2.24, 2.45) is 0 Å². The number of hydrogen-bond donors (Lipinski definition) is 0. The molecule has 0 radical (unpaired) electrons. The van der Waals surface area contributed by atoms with Crippen LogP contribution >= 0.6 is 21.6 Å². The molecule has 0 unspecified atom stereocenters. The number of hydrogen-bond acceptors (Lipinski definition) is 4. The SMILES string of the molecule is CCCCSSc1cccc([N+](=O)[O-])c1. The van der Waals surface area contributed by atoms with Crippen molar-refractivity contribution in [1.29, 1.82) is 0 Å². The Kier molecular flexibility index (Phi) is 5.57. The van der Waals surface area contributed by atoms with Crippen molar-refractivity contribution in [1.82, 2.24) is 0 Å². The van der Waals surface area contributed by atoms with E-state index in [2.05, 4.69) is 6.92 Å².